The predicted molar refractivity (Wildman–Crippen MR) is 64.0 cm³/mol. The summed E-state index contributed by atoms with van der Waals surface area (Å²) in [5, 5.41) is 46.5. The van der Waals surface area contributed by atoms with Gasteiger partial charge in [-0.1, -0.05) is 0 Å². The Bertz CT molecular complexity index is 261. The molecule has 0 aromatic rings. The van der Waals surface area contributed by atoms with Gasteiger partial charge in [0.1, 0.15) is 24.4 Å². The summed E-state index contributed by atoms with van der Waals surface area (Å²) in [4.78, 5) is 4.15. The lowest BCUT2D eigenvalue weighted by Crippen LogP contribution is -2.48. The first-order valence-electron chi connectivity index (χ1n) is 5.49. The van der Waals surface area contributed by atoms with E-state index in [2.05, 4.69) is 4.99 Å². The number of hydrogen-bond acceptors (Lipinski definition) is 6. The lowest BCUT2D eigenvalue weighted by atomic mass is 9.99. The number of nitrogens with zero attached hydrogens (tertiary/aromatic N) is 1. The molecule has 0 fully saturated rings. The van der Waals surface area contributed by atoms with E-state index in [1.165, 1.54) is 6.92 Å². The van der Waals surface area contributed by atoms with Crippen LogP contribution < -0.4 is 0 Å². The molecule has 0 aromatic carbocycles. The Morgan fingerprint density at radius 2 is 1.53 bits per heavy atom. The summed E-state index contributed by atoms with van der Waals surface area (Å²) in [6, 6.07) is 0. The minimum atomic E-state index is -1.62. The van der Waals surface area contributed by atoms with E-state index >= 15 is 0 Å². The fourth-order valence-electron chi connectivity index (χ4n) is 1.36. The molecule has 0 aliphatic heterocycles. The Balaban J connectivity index is 4.70. The highest BCUT2D eigenvalue weighted by Crippen LogP contribution is 2.11. The second-order valence-corrected chi connectivity index (χ2v) is 5.10. The number of aliphatic hydroxyl groups excluding tert-OH is 5. The van der Waals surface area contributed by atoms with Gasteiger partial charge in [0.25, 0.3) is 0 Å². The molecule has 0 saturated heterocycles. The van der Waals surface area contributed by atoms with Gasteiger partial charge in [-0.05, 0) is 27.7 Å². The zero-order valence-electron chi connectivity index (χ0n) is 10.7. The summed E-state index contributed by atoms with van der Waals surface area (Å²) >= 11 is 0. The molecule has 6 nitrogen and oxygen atoms in total. The summed E-state index contributed by atoms with van der Waals surface area (Å²) in [7, 11) is 0. The van der Waals surface area contributed by atoms with Gasteiger partial charge in [0.2, 0.25) is 0 Å². The van der Waals surface area contributed by atoms with E-state index in [-0.39, 0.29) is 5.71 Å². The first-order valence-corrected chi connectivity index (χ1v) is 5.49. The summed E-state index contributed by atoms with van der Waals surface area (Å²) in [5.74, 6) is 0. The van der Waals surface area contributed by atoms with Gasteiger partial charge >= 0.3 is 0 Å². The molecule has 0 rings (SSSR count). The van der Waals surface area contributed by atoms with Crippen LogP contribution in [0.4, 0.5) is 0 Å². The first kappa shape index (κ1) is 16.5. The lowest BCUT2D eigenvalue weighted by Gasteiger charge is -2.26. The molecule has 4 atom stereocenters. The van der Waals surface area contributed by atoms with Crippen molar-refractivity contribution < 1.29 is 25.5 Å². The van der Waals surface area contributed by atoms with E-state index in [0.29, 0.717) is 0 Å². The highest BCUT2D eigenvalue weighted by Gasteiger charge is 2.31. The second kappa shape index (κ2) is 6.42. The molecule has 5 N–H and O–H groups in total. The Hall–Kier alpha value is -0.530. The van der Waals surface area contributed by atoms with Crippen molar-refractivity contribution in [1.29, 1.82) is 0 Å². The van der Waals surface area contributed by atoms with Crippen LogP contribution in [0.15, 0.2) is 4.99 Å². The highest BCUT2D eigenvalue weighted by molar-refractivity contribution is 5.87. The van der Waals surface area contributed by atoms with Crippen molar-refractivity contribution in [3.8, 4) is 0 Å². The van der Waals surface area contributed by atoms with Gasteiger partial charge in [0, 0.05) is 5.71 Å². The van der Waals surface area contributed by atoms with Gasteiger partial charge in [-0.25, -0.2) is 0 Å². The minimum absolute atomic E-state index is 0.259. The third kappa shape index (κ3) is 5.56. The van der Waals surface area contributed by atoms with Crippen LogP contribution in [0.25, 0.3) is 0 Å². The van der Waals surface area contributed by atoms with Crippen molar-refractivity contribution in [2.24, 2.45) is 4.99 Å². The van der Waals surface area contributed by atoms with Crippen LogP contribution >= 0.6 is 0 Å². The number of hydrogen-bond donors (Lipinski definition) is 5. The number of aliphatic imine (C=N–C) groups is 1. The molecule has 0 aliphatic carbocycles. The van der Waals surface area contributed by atoms with E-state index in [4.69, 9.17) is 10.2 Å². The quantitative estimate of drug-likeness (QED) is 0.388. The van der Waals surface area contributed by atoms with Gasteiger partial charge in [0.15, 0.2) is 0 Å². The normalized spacial score (nSPS) is 20.9. The fraction of sp³-hybridized carbons (Fsp3) is 0.909. The van der Waals surface area contributed by atoms with Crippen LogP contribution in [0.2, 0.25) is 0 Å². The van der Waals surface area contributed by atoms with Gasteiger partial charge in [-0.15, -0.1) is 0 Å². The molecule has 0 amide bonds. The Morgan fingerprint density at radius 3 is 1.88 bits per heavy atom. The van der Waals surface area contributed by atoms with Gasteiger partial charge in [-0.2, -0.15) is 0 Å². The fourth-order valence-corrected chi connectivity index (χ4v) is 1.36. The maximum atomic E-state index is 9.73. The molecule has 17 heavy (non-hydrogen) atoms. The maximum absolute atomic E-state index is 9.73. The van der Waals surface area contributed by atoms with E-state index in [1.54, 1.807) is 0 Å². The van der Waals surface area contributed by atoms with Crippen molar-refractivity contribution in [2.45, 2.75) is 57.6 Å². The van der Waals surface area contributed by atoms with Gasteiger partial charge in [-0.3, -0.25) is 4.99 Å². The summed E-state index contributed by atoms with van der Waals surface area (Å²) in [5.41, 5.74) is -0.153. The van der Waals surface area contributed by atoms with Crippen LogP contribution in [-0.2, 0) is 0 Å². The van der Waals surface area contributed by atoms with E-state index in [9.17, 15) is 15.3 Å². The minimum Gasteiger partial charge on any atom is -0.394 e. The zero-order chi connectivity index (χ0) is 13.8. The van der Waals surface area contributed by atoms with Crippen LogP contribution in [0, 0.1) is 0 Å². The second-order valence-electron chi connectivity index (χ2n) is 5.10. The standard InChI is InChI=1S/C11H23NO5/c1-6(12-11(2,3)4)8(15)10(17)9(16)7(14)5-13/h7-10,13-17H,5H2,1-4H3/t7-,8-,9-,10-/m1/s1. The lowest BCUT2D eigenvalue weighted by molar-refractivity contribution is -0.101. The SMILES string of the molecule is CC(=NC(C)(C)C)[C@@H](O)[C@@H](O)[C@H](O)[C@H](O)CO. The van der Waals surface area contributed by atoms with Crippen molar-refractivity contribution in [3.63, 3.8) is 0 Å². The summed E-state index contributed by atoms with van der Waals surface area (Å²) in [6.07, 6.45) is -6.10. The molecular weight excluding hydrogens is 226 g/mol. The number of aliphatic hydroxyl groups is 5. The highest BCUT2D eigenvalue weighted by atomic mass is 16.4. The largest absolute Gasteiger partial charge is 0.394 e. The third-order valence-electron chi connectivity index (χ3n) is 2.19. The molecular formula is C11H23NO5. The molecule has 0 radical (unpaired) electrons. The third-order valence-corrected chi connectivity index (χ3v) is 2.19. The average molecular weight is 249 g/mol. The van der Waals surface area contributed by atoms with Crippen LogP contribution in [0.5, 0.6) is 0 Å². The molecule has 0 unspecified atom stereocenters. The molecule has 0 heterocycles. The van der Waals surface area contributed by atoms with Gasteiger partial charge in [0.05, 0.1) is 12.1 Å². The van der Waals surface area contributed by atoms with Crippen molar-refractivity contribution >= 4 is 5.71 Å². The van der Waals surface area contributed by atoms with Crippen molar-refractivity contribution in [3.05, 3.63) is 0 Å². The molecule has 0 saturated carbocycles. The summed E-state index contributed by atoms with van der Waals surface area (Å²) in [6.45, 7) is 6.31. The van der Waals surface area contributed by atoms with E-state index < -0.39 is 36.6 Å². The monoisotopic (exact) mass is 249 g/mol. The summed E-state index contributed by atoms with van der Waals surface area (Å²) < 4.78 is 0. The number of rotatable bonds is 5. The molecule has 0 aliphatic rings. The van der Waals surface area contributed by atoms with Crippen molar-refractivity contribution in [1.82, 2.24) is 0 Å². The van der Waals surface area contributed by atoms with Crippen LogP contribution in [-0.4, -0.2) is 67.8 Å². The molecule has 0 aromatic heterocycles. The molecule has 102 valence electrons. The Kier molecular flexibility index (Phi) is 6.22. The van der Waals surface area contributed by atoms with Crippen LogP contribution in [0.1, 0.15) is 27.7 Å². The molecule has 0 bridgehead atoms. The van der Waals surface area contributed by atoms with Gasteiger partial charge < -0.3 is 25.5 Å². The van der Waals surface area contributed by atoms with E-state index in [0.717, 1.165) is 0 Å². The van der Waals surface area contributed by atoms with E-state index in [1.807, 2.05) is 20.8 Å². The average Bonchev–Trinajstić information content (AvgIpc) is 2.22. The zero-order valence-corrected chi connectivity index (χ0v) is 10.7. The predicted octanol–water partition coefficient (Wildman–Crippen LogP) is -1.32. The molecule has 6 heteroatoms. The topological polar surface area (TPSA) is 114 Å². The molecule has 0 spiro atoms. The first-order chi connectivity index (χ1) is 7.60. The smallest absolute Gasteiger partial charge is 0.120 e. The van der Waals surface area contributed by atoms with Crippen LogP contribution in [0.3, 0.4) is 0 Å². The maximum Gasteiger partial charge on any atom is 0.120 e. The Morgan fingerprint density at radius 1 is 1.06 bits per heavy atom. The Labute approximate surface area is 101 Å². The van der Waals surface area contributed by atoms with Crippen molar-refractivity contribution in [2.75, 3.05) is 6.61 Å².